The van der Waals surface area contributed by atoms with Crippen LogP contribution in [0.5, 0.6) is 17.5 Å². The molecule has 0 radical (unpaired) electrons. The number of ether oxygens (including phenoxy) is 4. The fourth-order valence-corrected chi connectivity index (χ4v) is 6.36. The van der Waals surface area contributed by atoms with Crippen molar-refractivity contribution in [3.05, 3.63) is 53.6 Å². The third-order valence-corrected chi connectivity index (χ3v) is 9.37. The molecule has 1 aliphatic carbocycles. The number of hydrogen-bond donors (Lipinski definition) is 3. The quantitative estimate of drug-likeness (QED) is 0.255. The van der Waals surface area contributed by atoms with Gasteiger partial charge in [0.25, 0.3) is 5.91 Å². The molecular formula is C37H47F3N8O6. The second-order valence-corrected chi connectivity index (χ2v) is 13.8. The number of hydrogen-bond acceptors (Lipinski definition) is 12. The molecule has 3 N–H and O–H groups in total. The molecule has 4 aliphatic rings. The van der Waals surface area contributed by atoms with Gasteiger partial charge in [-0.05, 0) is 88.4 Å². The first-order valence-electron chi connectivity index (χ1n) is 18.4. The summed E-state index contributed by atoms with van der Waals surface area (Å²) in [4.78, 5) is 42.9. The molecule has 0 spiro atoms. The summed E-state index contributed by atoms with van der Waals surface area (Å²) in [5.41, 5.74) is 1.61. The number of aromatic nitrogens is 3. The SMILES string of the molecule is CCOC(=O)N1CCCOc2ccc(cc2)CNc2nc(nc(OCC(F)(F)F)n2)Nc2ccc(C(=O)NCC3(CN4CCCC4)CC3)c(c2)OCCC1. The number of fused-ring (bicyclic) bond motifs is 11. The van der Waals surface area contributed by atoms with Crippen molar-refractivity contribution in [2.45, 2.75) is 58.2 Å². The highest BCUT2D eigenvalue weighted by Crippen LogP contribution is 2.46. The Balaban J connectivity index is 1.24. The van der Waals surface area contributed by atoms with Gasteiger partial charge in [0.05, 0.1) is 25.4 Å². The van der Waals surface area contributed by atoms with Crippen molar-refractivity contribution in [2.75, 3.05) is 76.3 Å². The van der Waals surface area contributed by atoms with E-state index in [9.17, 15) is 22.8 Å². The van der Waals surface area contributed by atoms with Crippen molar-refractivity contribution >= 4 is 29.6 Å². The van der Waals surface area contributed by atoms with Crippen molar-refractivity contribution < 1.29 is 41.7 Å². The zero-order valence-corrected chi connectivity index (χ0v) is 30.4. The molecule has 3 aliphatic heterocycles. The number of amides is 2. The van der Waals surface area contributed by atoms with Gasteiger partial charge in [0.15, 0.2) is 6.61 Å². The van der Waals surface area contributed by atoms with E-state index in [0.717, 1.165) is 38.0 Å². The molecule has 2 fully saturated rings. The number of likely N-dealkylation sites (tertiary alicyclic amines) is 1. The van der Waals surface area contributed by atoms with Crippen LogP contribution in [0, 0.1) is 5.41 Å². The van der Waals surface area contributed by atoms with Crippen LogP contribution in [-0.4, -0.2) is 109 Å². The van der Waals surface area contributed by atoms with E-state index in [-0.39, 0.29) is 48.7 Å². The van der Waals surface area contributed by atoms with E-state index in [4.69, 9.17) is 18.9 Å². The smallest absolute Gasteiger partial charge is 0.422 e. The summed E-state index contributed by atoms with van der Waals surface area (Å²) in [7, 11) is 0. The van der Waals surface area contributed by atoms with E-state index in [0.29, 0.717) is 56.1 Å². The largest absolute Gasteiger partial charge is 0.494 e. The van der Waals surface area contributed by atoms with Crippen LogP contribution >= 0.6 is 0 Å². The molecule has 292 valence electrons. The molecule has 3 aromatic rings. The lowest BCUT2D eigenvalue weighted by molar-refractivity contribution is -0.154. The minimum atomic E-state index is -4.61. The van der Waals surface area contributed by atoms with E-state index in [1.807, 2.05) is 12.1 Å². The Kier molecular flexibility index (Phi) is 12.8. The van der Waals surface area contributed by atoms with Gasteiger partial charge in [-0.3, -0.25) is 4.79 Å². The van der Waals surface area contributed by atoms with Crippen molar-refractivity contribution in [1.82, 2.24) is 30.1 Å². The Bertz CT molecular complexity index is 1720. The molecule has 1 aromatic heterocycles. The van der Waals surface area contributed by atoms with Gasteiger partial charge in [-0.25, -0.2) is 4.79 Å². The van der Waals surface area contributed by atoms with E-state index in [2.05, 4.69) is 35.8 Å². The Morgan fingerprint density at radius 1 is 0.926 bits per heavy atom. The first-order valence-corrected chi connectivity index (χ1v) is 18.4. The van der Waals surface area contributed by atoms with Gasteiger partial charge < -0.3 is 44.7 Å². The number of halogens is 3. The predicted octanol–water partition coefficient (Wildman–Crippen LogP) is 5.78. The zero-order valence-electron chi connectivity index (χ0n) is 30.4. The molecule has 1 saturated heterocycles. The third kappa shape index (κ3) is 11.5. The van der Waals surface area contributed by atoms with Crippen LogP contribution in [0.4, 0.5) is 35.5 Å². The summed E-state index contributed by atoms with van der Waals surface area (Å²) in [5, 5.41) is 9.13. The highest BCUT2D eigenvalue weighted by molar-refractivity contribution is 5.97. The van der Waals surface area contributed by atoms with Crippen molar-refractivity contribution in [2.24, 2.45) is 5.41 Å². The van der Waals surface area contributed by atoms with Crippen LogP contribution in [-0.2, 0) is 11.3 Å². The second-order valence-electron chi connectivity index (χ2n) is 13.8. The van der Waals surface area contributed by atoms with Gasteiger partial charge in [0.1, 0.15) is 11.5 Å². The van der Waals surface area contributed by atoms with Crippen LogP contribution in [0.25, 0.3) is 0 Å². The summed E-state index contributed by atoms with van der Waals surface area (Å²) < 4.78 is 61.4. The molecule has 2 aromatic carbocycles. The van der Waals surface area contributed by atoms with Crippen LogP contribution in [0.2, 0.25) is 0 Å². The van der Waals surface area contributed by atoms with Gasteiger partial charge in [-0.1, -0.05) is 12.1 Å². The minimum absolute atomic E-state index is 0.0197. The van der Waals surface area contributed by atoms with Crippen LogP contribution in [0.3, 0.4) is 0 Å². The summed E-state index contributed by atoms with van der Waals surface area (Å²) in [6.07, 6.45) is 0.463. The maximum absolute atomic E-state index is 13.7. The zero-order chi connectivity index (χ0) is 38.0. The predicted molar refractivity (Wildman–Crippen MR) is 193 cm³/mol. The minimum Gasteiger partial charge on any atom is -0.494 e. The number of rotatable bonds is 8. The number of nitrogens with zero attached hydrogens (tertiary/aromatic N) is 5. The number of carbonyl (C=O) groups excluding carboxylic acids is 2. The Hall–Kier alpha value is -5.06. The standard InChI is InChI=1S/C37H47F3N8O6/c1-2-51-35(50)48-17-5-19-52-28-10-7-26(8-11-28)22-41-32-44-33(46-34(45-32)54-25-37(38,39)40)43-27-9-12-29(30(21-27)53-20-6-18-48)31(49)42-23-36(13-14-36)24-47-15-3-4-16-47/h7-12,21H,2-6,13-20,22-25H2,1H3,(H,42,49)(H2,41,43,44,45,46). The molecule has 1 saturated carbocycles. The van der Waals surface area contributed by atoms with Crippen molar-refractivity contribution in [1.29, 1.82) is 0 Å². The lowest BCUT2D eigenvalue weighted by Crippen LogP contribution is -2.37. The Morgan fingerprint density at radius 2 is 1.65 bits per heavy atom. The normalized spacial score (nSPS) is 17.7. The fourth-order valence-electron chi connectivity index (χ4n) is 6.36. The van der Waals surface area contributed by atoms with Crippen LogP contribution in [0.1, 0.15) is 61.4 Å². The number of carbonyl (C=O) groups is 2. The Labute approximate surface area is 312 Å². The molecule has 14 nitrogen and oxygen atoms in total. The van der Waals surface area contributed by atoms with E-state index < -0.39 is 24.9 Å². The van der Waals surface area contributed by atoms with Gasteiger partial charge in [0.2, 0.25) is 11.9 Å². The average molecular weight is 757 g/mol. The molecule has 17 heteroatoms. The van der Waals surface area contributed by atoms with Gasteiger partial charge >= 0.3 is 18.3 Å². The van der Waals surface area contributed by atoms with Crippen molar-refractivity contribution in [3.8, 4) is 17.5 Å². The maximum Gasteiger partial charge on any atom is 0.422 e. The highest BCUT2D eigenvalue weighted by atomic mass is 19.4. The van der Waals surface area contributed by atoms with Crippen molar-refractivity contribution in [3.63, 3.8) is 0 Å². The highest BCUT2D eigenvalue weighted by Gasteiger charge is 2.44. The summed E-state index contributed by atoms with van der Waals surface area (Å²) in [6.45, 7) is 5.59. The van der Waals surface area contributed by atoms with Gasteiger partial charge in [-0.15, -0.1) is 0 Å². The van der Waals surface area contributed by atoms with Gasteiger partial charge in [-0.2, -0.15) is 28.1 Å². The second kappa shape index (κ2) is 17.8. The van der Waals surface area contributed by atoms with Gasteiger partial charge in [0, 0.05) is 49.9 Å². The number of nitrogens with one attached hydrogen (secondary N) is 3. The molecule has 0 atom stereocenters. The molecule has 2 amide bonds. The number of benzene rings is 2. The monoisotopic (exact) mass is 756 g/mol. The third-order valence-electron chi connectivity index (χ3n) is 9.37. The van der Waals surface area contributed by atoms with E-state index in [1.54, 1.807) is 42.2 Å². The molecule has 6 bridgehead atoms. The first kappa shape index (κ1) is 38.7. The topological polar surface area (TPSA) is 152 Å². The number of anilines is 3. The Morgan fingerprint density at radius 3 is 2.35 bits per heavy atom. The summed E-state index contributed by atoms with van der Waals surface area (Å²) >= 11 is 0. The lowest BCUT2D eigenvalue weighted by atomic mass is 10.1. The fraction of sp³-hybridized carbons (Fsp3) is 0.541. The van der Waals surface area contributed by atoms with Crippen LogP contribution in [0.15, 0.2) is 42.5 Å². The summed E-state index contributed by atoms with van der Waals surface area (Å²) in [5.74, 6) is 0.492. The van der Waals surface area contributed by atoms with E-state index >= 15 is 0 Å². The first-order chi connectivity index (χ1) is 26.1. The lowest BCUT2D eigenvalue weighted by Gasteiger charge is -2.23. The molecular weight excluding hydrogens is 709 g/mol. The summed E-state index contributed by atoms with van der Waals surface area (Å²) in [6, 6.07) is 11.6. The molecule has 7 rings (SSSR count). The number of alkyl halides is 3. The molecule has 4 heterocycles. The molecule has 54 heavy (non-hydrogen) atoms. The molecule has 0 unspecified atom stereocenters. The maximum atomic E-state index is 13.7. The van der Waals surface area contributed by atoms with Crippen LogP contribution < -0.4 is 30.2 Å². The average Bonchev–Trinajstić information content (AvgIpc) is 3.72. The van der Waals surface area contributed by atoms with E-state index in [1.165, 1.54) is 12.8 Å².